The first-order valence-electron chi connectivity index (χ1n) is 10.1. The number of imidazole rings is 1. The summed E-state index contributed by atoms with van der Waals surface area (Å²) in [6.45, 7) is 6.43. The second-order valence-electron chi connectivity index (χ2n) is 7.06. The predicted molar refractivity (Wildman–Crippen MR) is 130 cm³/mol. The van der Waals surface area contributed by atoms with Crippen molar-refractivity contribution < 1.29 is 4.52 Å². The maximum absolute atomic E-state index is 5.46. The summed E-state index contributed by atoms with van der Waals surface area (Å²) in [6, 6.07) is 10.6. The fourth-order valence-corrected chi connectivity index (χ4v) is 3.24. The standard InChI is InChI=1S/C22H30N6O.HI/c1-4-19(5-2)21-12-20(29-27-21)14-26-22(23-3)25-13-17-6-8-18(9-7-17)15-28-11-10-24-16-28;/h6-12,16,19H,4-5,13-15H2,1-3H3,(H2,23,25,26);1H. The first kappa shape index (κ1) is 23.9. The number of aliphatic imine (C=N–C) groups is 1. The second-order valence-corrected chi connectivity index (χ2v) is 7.06. The molecule has 2 heterocycles. The number of hydrogen-bond acceptors (Lipinski definition) is 4. The van der Waals surface area contributed by atoms with Gasteiger partial charge >= 0.3 is 0 Å². The summed E-state index contributed by atoms with van der Waals surface area (Å²) in [6.07, 6.45) is 7.73. The molecule has 162 valence electrons. The van der Waals surface area contributed by atoms with Crippen LogP contribution >= 0.6 is 24.0 Å². The van der Waals surface area contributed by atoms with Crippen LogP contribution in [0.3, 0.4) is 0 Å². The van der Waals surface area contributed by atoms with Crippen molar-refractivity contribution in [3.63, 3.8) is 0 Å². The van der Waals surface area contributed by atoms with Crippen LogP contribution in [0.15, 0.2) is 58.6 Å². The van der Waals surface area contributed by atoms with E-state index in [4.69, 9.17) is 4.52 Å². The zero-order valence-electron chi connectivity index (χ0n) is 17.8. The summed E-state index contributed by atoms with van der Waals surface area (Å²) in [4.78, 5) is 8.36. The van der Waals surface area contributed by atoms with Gasteiger partial charge in [-0.1, -0.05) is 43.3 Å². The molecular formula is C22H31IN6O. The summed E-state index contributed by atoms with van der Waals surface area (Å²) >= 11 is 0. The number of nitrogens with zero attached hydrogens (tertiary/aromatic N) is 4. The van der Waals surface area contributed by atoms with Crippen LogP contribution in [0.1, 0.15) is 55.2 Å². The maximum atomic E-state index is 5.46. The molecule has 8 heteroatoms. The van der Waals surface area contributed by atoms with E-state index in [1.807, 2.05) is 18.6 Å². The number of benzene rings is 1. The van der Waals surface area contributed by atoms with Gasteiger partial charge in [-0.3, -0.25) is 4.99 Å². The topological polar surface area (TPSA) is 80.3 Å². The van der Waals surface area contributed by atoms with Gasteiger partial charge in [0.25, 0.3) is 0 Å². The van der Waals surface area contributed by atoms with Crippen LogP contribution in [0.4, 0.5) is 0 Å². The Morgan fingerprint density at radius 3 is 2.43 bits per heavy atom. The maximum Gasteiger partial charge on any atom is 0.191 e. The van der Waals surface area contributed by atoms with Gasteiger partial charge in [-0.15, -0.1) is 24.0 Å². The predicted octanol–water partition coefficient (Wildman–Crippen LogP) is 4.31. The minimum absolute atomic E-state index is 0. The normalized spacial score (nSPS) is 11.4. The molecule has 0 aliphatic heterocycles. The van der Waals surface area contributed by atoms with Crippen LogP contribution in [0.5, 0.6) is 0 Å². The highest BCUT2D eigenvalue weighted by Gasteiger charge is 2.13. The Morgan fingerprint density at radius 2 is 1.80 bits per heavy atom. The van der Waals surface area contributed by atoms with E-state index in [0.717, 1.165) is 36.8 Å². The molecular weight excluding hydrogens is 491 g/mol. The molecule has 0 aliphatic rings. The van der Waals surface area contributed by atoms with Crippen molar-refractivity contribution in [1.29, 1.82) is 0 Å². The van der Waals surface area contributed by atoms with Crippen LogP contribution in [0.25, 0.3) is 0 Å². The van der Waals surface area contributed by atoms with Crippen molar-refractivity contribution in [2.24, 2.45) is 4.99 Å². The lowest BCUT2D eigenvalue weighted by molar-refractivity contribution is 0.368. The molecule has 0 fully saturated rings. The average molecular weight is 522 g/mol. The van der Waals surface area contributed by atoms with Gasteiger partial charge in [-0.2, -0.15) is 0 Å². The molecule has 0 atom stereocenters. The Hall–Kier alpha value is -2.36. The molecule has 7 nitrogen and oxygen atoms in total. The lowest BCUT2D eigenvalue weighted by Crippen LogP contribution is -2.36. The van der Waals surface area contributed by atoms with E-state index in [1.54, 1.807) is 13.2 Å². The molecule has 0 bridgehead atoms. The van der Waals surface area contributed by atoms with Gasteiger partial charge < -0.3 is 19.7 Å². The molecule has 0 radical (unpaired) electrons. The summed E-state index contributed by atoms with van der Waals surface area (Å²) in [5.74, 6) is 2.01. The van der Waals surface area contributed by atoms with Gasteiger partial charge in [-0.05, 0) is 24.0 Å². The number of hydrogen-bond donors (Lipinski definition) is 2. The van der Waals surface area contributed by atoms with Crippen LogP contribution < -0.4 is 10.6 Å². The Kier molecular flexibility index (Phi) is 9.85. The SMILES string of the molecule is CCC(CC)c1cc(CNC(=NC)NCc2ccc(Cn3ccnc3)cc2)on1.I. The third-order valence-corrected chi connectivity index (χ3v) is 5.04. The van der Waals surface area contributed by atoms with Crippen LogP contribution in [0.2, 0.25) is 0 Å². The Bertz CT molecular complexity index is 885. The van der Waals surface area contributed by atoms with E-state index >= 15 is 0 Å². The van der Waals surface area contributed by atoms with Crippen LogP contribution in [0, 0.1) is 0 Å². The van der Waals surface area contributed by atoms with E-state index < -0.39 is 0 Å². The van der Waals surface area contributed by atoms with E-state index in [2.05, 4.69) is 68.4 Å². The fraction of sp³-hybridized carbons (Fsp3) is 0.409. The second kappa shape index (κ2) is 12.4. The van der Waals surface area contributed by atoms with E-state index in [0.29, 0.717) is 19.0 Å². The highest BCUT2D eigenvalue weighted by molar-refractivity contribution is 14.0. The molecule has 0 aliphatic carbocycles. The minimum atomic E-state index is 0. The molecule has 3 aromatic rings. The largest absolute Gasteiger partial charge is 0.359 e. The smallest absolute Gasteiger partial charge is 0.191 e. The average Bonchev–Trinajstić information content (AvgIpc) is 3.43. The highest BCUT2D eigenvalue weighted by Crippen LogP contribution is 2.22. The highest BCUT2D eigenvalue weighted by atomic mass is 127. The fourth-order valence-electron chi connectivity index (χ4n) is 3.24. The Morgan fingerprint density at radius 1 is 1.10 bits per heavy atom. The monoisotopic (exact) mass is 522 g/mol. The number of halogens is 1. The summed E-state index contributed by atoms with van der Waals surface area (Å²) in [5, 5.41) is 10.8. The van der Waals surface area contributed by atoms with E-state index in [9.17, 15) is 0 Å². The molecule has 0 saturated carbocycles. The first-order valence-corrected chi connectivity index (χ1v) is 10.1. The van der Waals surface area contributed by atoms with Crippen molar-refractivity contribution in [3.05, 3.63) is 71.6 Å². The quantitative estimate of drug-likeness (QED) is 0.249. The molecule has 3 rings (SSSR count). The molecule has 0 spiro atoms. The van der Waals surface area contributed by atoms with Crippen molar-refractivity contribution in [2.75, 3.05) is 7.05 Å². The number of rotatable bonds is 9. The molecule has 2 N–H and O–H groups in total. The van der Waals surface area contributed by atoms with Crippen LogP contribution in [-0.2, 0) is 19.6 Å². The zero-order chi connectivity index (χ0) is 20.5. The lowest BCUT2D eigenvalue weighted by atomic mass is 9.99. The van der Waals surface area contributed by atoms with Gasteiger partial charge in [0.1, 0.15) is 0 Å². The Balaban J connectivity index is 0.00000320. The first-order chi connectivity index (χ1) is 14.2. The molecule has 1 aromatic carbocycles. The van der Waals surface area contributed by atoms with Crippen molar-refractivity contribution in [2.45, 2.75) is 52.2 Å². The van der Waals surface area contributed by atoms with Gasteiger partial charge in [-0.25, -0.2) is 4.98 Å². The number of aromatic nitrogens is 3. The van der Waals surface area contributed by atoms with Crippen molar-refractivity contribution >= 4 is 29.9 Å². The molecule has 0 amide bonds. The van der Waals surface area contributed by atoms with Crippen molar-refractivity contribution in [3.8, 4) is 0 Å². The summed E-state index contributed by atoms with van der Waals surface area (Å²) in [7, 11) is 1.76. The lowest BCUT2D eigenvalue weighted by Gasteiger charge is -2.11. The molecule has 30 heavy (non-hydrogen) atoms. The summed E-state index contributed by atoms with van der Waals surface area (Å²) < 4.78 is 7.51. The van der Waals surface area contributed by atoms with Crippen LogP contribution in [-0.4, -0.2) is 27.7 Å². The van der Waals surface area contributed by atoms with Gasteiger partial charge in [0.2, 0.25) is 0 Å². The van der Waals surface area contributed by atoms with Crippen molar-refractivity contribution in [1.82, 2.24) is 25.3 Å². The van der Waals surface area contributed by atoms with E-state index in [1.165, 1.54) is 11.1 Å². The number of nitrogens with one attached hydrogen (secondary N) is 2. The number of guanidine groups is 1. The zero-order valence-corrected chi connectivity index (χ0v) is 20.2. The third-order valence-electron chi connectivity index (χ3n) is 5.04. The third kappa shape index (κ3) is 6.86. The summed E-state index contributed by atoms with van der Waals surface area (Å²) in [5.41, 5.74) is 3.47. The molecule has 0 unspecified atom stereocenters. The molecule has 2 aromatic heterocycles. The molecule has 0 saturated heterocycles. The van der Waals surface area contributed by atoms with Gasteiger partial charge in [0, 0.05) is 44.5 Å². The van der Waals surface area contributed by atoms with Gasteiger partial charge in [0.15, 0.2) is 11.7 Å². The Labute approximate surface area is 195 Å². The van der Waals surface area contributed by atoms with Gasteiger partial charge in [0.05, 0.1) is 18.6 Å². The van der Waals surface area contributed by atoms with E-state index in [-0.39, 0.29) is 24.0 Å². The minimum Gasteiger partial charge on any atom is -0.359 e.